The molecule has 1 rings (SSSR count). The summed E-state index contributed by atoms with van der Waals surface area (Å²) in [6, 6.07) is 0. The Labute approximate surface area is 126 Å². The predicted molar refractivity (Wildman–Crippen MR) is 63.5 cm³/mol. The zero-order chi connectivity index (χ0) is 18.4. The molecule has 0 atom stereocenters. The maximum Gasteiger partial charge on any atom is 0.339 e. The van der Waals surface area contributed by atoms with Crippen LogP contribution in [0.5, 0.6) is 0 Å². The Balaban J connectivity index is 3.45. The van der Waals surface area contributed by atoms with E-state index in [-0.39, 0.29) is 13.7 Å². The molecule has 0 aliphatic heterocycles. The van der Waals surface area contributed by atoms with Gasteiger partial charge in [0.1, 0.15) is 0 Å². The molecule has 0 radical (unpaired) electrons. The Morgan fingerprint density at radius 2 is 0.833 bits per heavy atom. The molecule has 0 fully saturated rings. The highest BCUT2D eigenvalue weighted by Gasteiger charge is 2.18. The summed E-state index contributed by atoms with van der Waals surface area (Å²) in [7, 11) is 0. The average Bonchev–Trinajstić information content (AvgIpc) is 2.45. The van der Waals surface area contributed by atoms with Crippen molar-refractivity contribution in [1.29, 1.82) is 0 Å². The first-order valence-electron chi connectivity index (χ1n) is 5.41. The first kappa shape index (κ1) is 18.1. The summed E-state index contributed by atoms with van der Waals surface area (Å²) in [5.41, 5.74) is -4.65. The van der Waals surface area contributed by atoms with E-state index < -0.39 is 52.5 Å². The molecule has 1 aromatic rings. The zero-order valence-electron chi connectivity index (χ0n) is 11.2. The van der Waals surface area contributed by atoms with Crippen LogP contribution in [0.1, 0.15) is 0 Å². The number of hydrogen-bond donors (Lipinski definition) is 0. The molecule has 0 aromatic carbocycles. The Bertz CT molecular complexity index is 692. The monoisotopic (exact) mass is 354 g/mol. The second-order valence-electron chi connectivity index (χ2n) is 3.58. The van der Waals surface area contributed by atoms with Crippen molar-refractivity contribution >= 4 is 0 Å². The normalized spacial score (nSPS) is 10.0. The van der Waals surface area contributed by atoms with Gasteiger partial charge >= 0.3 is 17.1 Å². The Morgan fingerprint density at radius 3 is 1.00 bits per heavy atom. The van der Waals surface area contributed by atoms with Gasteiger partial charge < -0.3 is 0 Å². The van der Waals surface area contributed by atoms with Crippen LogP contribution in [0.25, 0.3) is 0 Å². The summed E-state index contributed by atoms with van der Waals surface area (Å²) < 4.78 is -0.0928. The largest absolute Gasteiger partial charge is 0.339 e. The highest BCUT2D eigenvalue weighted by Crippen LogP contribution is 1.84. The molecule has 1 heterocycles. The van der Waals surface area contributed by atoms with Crippen molar-refractivity contribution in [3.8, 4) is 0 Å². The van der Waals surface area contributed by atoms with Crippen LogP contribution >= 0.6 is 0 Å². The Kier molecular flexibility index (Phi) is 5.51. The van der Waals surface area contributed by atoms with Gasteiger partial charge in [-0.15, -0.1) is 30.3 Å². The summed E-state index contributed by atoms with van der Waals surface area (Å²) in [6.07, 6.45) is 0. The van der Waals surface area contributed by atoms with Gasteiger partial charge in [0.2, 0.25) is 0 Å². The maximum atomic E-state index is 11.9. The highest BCUT2D eigenvalue weighted by atomic mass is 17.0. The maximum absolute atomic E-state index is 11.9. The second kappa shape index (κ2) is 7.33. The molecule has 0 saturated carbocycles. The fraction of sp³-hybridized carbons (Fsp3) is 0.500. The van der Waals surface area contributed by atoms with Crippen LogP contribution in [0.2, 0.25) is 0 Å². The van der Waals surface area contributed by atoms with Crippen molar-refractivity contribution in [2.45, 2.75) is 20.2 Å². The van der Waals surface area contributed by atoms with Crippen molar-refractivity contribution in [3.63, 3.8) is 0 Å². The lowest BCUT2D eigenvalue weighted by Gasteiger charge is -2.11. The van der Waals surface area contributed by atoms with Crippen molar-refractivity contribution < 1.29 is 29.8 Å². The molecule has 0 aliphatic carbocycles. The lowest BCUT2D eigenvalue weighted by molar-refractivity contribution is -0.769. The third-order valence-electron chi connectivity index (χ3n) is 2.26. The third-order valence-corrected chi connectivity index (χ3v) is 2.26. The van der Waals surface area contributed by atoms with Gasteiger partial charge in [-0.2, -0.15) is 0 Å². The predicted octanol–water partition coefficient (Wildman–Crippen LogP) is -3.33. The molecule has 18 nitrogen and oxygen atoms in total. The smallest absolute Gasteiger partial charge is 0.292 e. The molecule has 0 amide bonds. The third kappa shape index (κ3) is 4.25. The van der Waals surface area contributed by atoms with Crippen molar-refractivity contribution in [2.24, 2.45) is 0 Å². The number of hydrogen-bond acceptors (Lipinski definition) is 12. The molecule has 24 heavy (non-hydrogen) atoms. The summed E-state index contributed by atoms with van der Waals surface area (Å²) in [4.78, 5) is 77.3. The van der Waals surface area contributed by atoms with Crippen LogP contribution in [0.3, 0.4) is 0 Å². The summed E-state index contributed by atoms with van der Waals surface area (Å²) in [6.45, 7) is -3.87. The minimum absolute atomic E-state index is 0.0309. The number of nitrogens with zero attached hydrogens (tertiary/aromatic N) is 6. The molecular weight excluding hydrogens is 348 g/mol. The van der Waals surface area contributed by atoms with E-state index in [0.717, 1.165) is 0 Å². The van der Waals surface area contributed by atoms with Gasteiger partial charge in [-0.05, 0) is 0 Å². The first-order valence-corrected chi connectivity index (χ1v) is 5.41. The summed E-state index contributed by atoms with van der Waals surface area (Å²) in [5, 5.41) is 26.3. The van der Waals surface area contributed by atoms with E-state index in [2.05, 4.69) is 14.5 Å². The molecule has 18 heteroatoms. The fourth-order valence-electron chi connectivity index (χ4n) is 1.33. The molecule has 0 unspecified atom stereocenters. The van der Waals surface area contributed by atoms with Crippen LogP contribution in [-0.4, -0.2) is 29.0 Å². The molecule has 1 aromatic heterocycles. The highest BCUT2D eigenvalue weighted by molar-refractivity contribution is 4.76. The van der Waals surface area contributed by atoms with Gasteiger partial charge in [0.05, 0.1) is 0 Å². The van der Waals surface area contributed by atoms with Gasteiger partial charge in [0.25, 0.3) is 15.3 Å². The van der Waals surface area contributed by atoms with Gasteiger partial charge in [0, 0.05) is 0 Å². The van der Waals surface area contributed by atoms with Crippen LogP contribution in [0.4, 0.5) is 0 Å². The average molecular weight is 354 g/mol. The molecule has 132 valence electrons. The number of aromatic nitrogens is 3. The fourth-order valence-corrected chi connectivity index (χ4v) is 1.33. The van der Waals surface area contributed by atoms with Crippen molar-refractivity contribution in [3.05, 3.63) is 61.8 Å². The lowest BCUT2D eigenvalue weighted by atomic mass is 10.8. The molecule has 0 aliphatic rings. The summed E-state index contributed by atoms with van der Waals surface area (Å²) in [5.74, 6) is 0. The number of rotatable bonds is 9. The van der Waals surface area contributed by atoms with Gasteiger partial charge in [-0.1, -0.05) is 0 Å². The molecule has 0 saturated heterocycles. The first-order chi connectivity index (χ1) is 11.1. The lowest BCUT2D eigenvalue weighted by Crippen LogP contribution is -2.55. The van der Waals surface area contributed by atoms with Crippen molar-refractivity contribution in [2.75, 3.05) is 0 Å². The van der Waals surface area contributed by atoms with Gasteiger partial charge in [-0.3, -0.25) is 14.5 Å². The summed E-state index contributed by atoms with van der Waals surface area (Å²) >= 11 is 0. The topological polar surface area (TPSA) is 223 Å². The quantitative estimate of drug-likeness (QED) is 0.313. The Hall–Kier alpha value is -3.99. The van der Waals surface area contributed by atoms with E-state index in [1.807, 2.05) is 0 Å². The van der Waals surface area contributed by atoms with Gasteiger partial charge in [-0.25, -0.2) is 28.1 Å². The molecule has 0 N–H and O–H groups in total. The zero-order valence-corrected chi connectivity index (χ0v) is 11.2. The van der Waals surface area contributed by atoms with E-state index in [1.165, 1.54) is 0 Å². The van der Waals surface area contributed by atoms with E-state index in [9.17, 15) is 44.7 Å². The second-order valence-corrected chi connectivity index (χ2v) is 3.58. The van der Waals surface area contributed by atoms with E-state index >= 15 is 0 Å². The van der Waals surface area contributed by atoms with E-state index in [0.29, 0.717) is 0 Å². The van der Waals surface area contributed by atoms with Crippen LogP contribution in [0.15, 0.2) is 14.4 Å². The SMILES string of the molecule is O=c1n(CO[N+](=O)[O-])c(=O)n(CO[N+](=O)[O-])c(=O)n1CO[N+](=O)[O-]. The van der Waals surface area contributed by atoms with Crippen LogP contribution in [0, 0.1) is 30.3 Å². The minimum Gasteiger partial charge on any atom is -0.292 e. The minimum atomic E-state index is -1.55. The van der Waals surface area contributed by atoms with E-state index in [1.54, 1.807) is 0 Å². The Morgan fingerprint density at radius 1 is 0.625 bits per heavy atom. The standard InChI is InChI=1S/C6H6N6O12/c13-4-7(1-22-10(16)17)5(14)9(3-24-12(20)21)6(15)8(4)2-23-11(18)19/h1-3H2. The molecular formula is C6H6N6O12. The molecule has 0 bridgehead atoms. The van der Waals surface area contributed by atoms with Crippen molar-refractivity contribution in [1.82, 2.24) is 13.7 Å². The van der Waals surface area contributed by atoms with Gasteiger partial charge in [0.15, 0.2) is 20.2 Å². The van der Waals surface area contributed by atoms with Crippen LogP contribution in [-0.2, 0) is 34.7 Å². The van der Waals surface area contributed by atoms with E-state index in [4.69, 9.17) is 0 Å². The van der Waals surface area contributed by atoms with Crippen LogP contribution < -0.4 is 17.1 Å². The molecule has 0 spiro atoms.